The van der Waals surface area contributed by atoms with E-state index in [1.165, 1.54) is 4.90 Å². The molecule has 2 fully saturated rings. The third kappa shape index (κ3) is 1.51. The number of hydrogen-bond acceptors (Lipinski definition) is 3. The number of imide groups is 1. The molecule has 5 nitrogen and oxygen atoms in total. The summed E-state index contributed by atoms with van der Waals surface area (Å²) in [6, 6.07) is 6.81. The molecule has 0 spiro atoms. The first-order valence-corrected chi connectivity index (χ1v) is 6.16. The Morgan fingerprint density at radius 3 is 2.56 bits per heavy atom. The summed E-state index contributed by atoms with van der Waals surface area (Å²) in [5.41, 5.74) is 7.15. The molecule has 0 bridgehead atoms. The van der Waals surface area contributed by atoms with E-state index >= 15 is 0 Å². The van der Waals surface area contributed by atoms with Crippen molar-refractivity contribution < 1.29 is 9.59 Å². The predicted octanol–water partition coefficient (Wildman–Crippen LogP) is 1.08. The zero-order valence-electron chi connectivity index (χ0n) is 10.0. The van der Waals surface area contributed by atoms with Crippen LogP contribution in [0.2, 0.25) is 0 Å². The van der Waals surface area contributed by atoms with Gasteiger partial charge in [-0.25, -0.2) is 9.69 Å². The third-order valence-electron chi connectivity index (χ3n) is 3.63. The lowest BCUT2D eigenvalue weighted by Gasteiger charge is -2.15. The average molecular weight is 245 g/mol. The molecule has 2 aliphatic rings. The van der Waals surface area contributed by atoms with Gasteiger partial charge in [0.2, 0.25) is 0 Å². The van der Waals surface area contributed by atoms with Crippen molar-refractivity contribution in [3.63, 3.8) is 0 Å². The number of benzene rings is 1. The molecule has 3 rings (SSSR count). The summed E-state index contributed by atoms with van der Waals surface area (Å²) < 4.78 is 0. The number of carbonyl (C=O) groups is 2. The molecule has 1 aromatic rings. The molecule has 3 amide bonds. The lowest BCUT2D eigenvalue weighted by atomic mass is 10.2. The molecule has 2 aliphatic heterocycles. The van der Waals surface area contributed by atoms with Crippen LogP contribution in [0.1, 0.15) is 18.4 Å². The van der Waals surface area contributed by atoms with Crippen LogP contribution in [0, 0.1) is 0 Å². The maximum absolute atomic E-state index is 12.2. The molecule has 1 atom stereocenters. The fraction of sp³-hybridized carbons (Fsp3) is 0.385. The standard InChI is InChI=1S/C13H15N3O2/c14-8-9-3-5-10(6-4-9)16-12(17)11-2-1-7-15(11)13(16)18/h3-6,11H,1-2,7-8,14H2. The van der Waals surface area contributed by atoms with Crippen molar-refractivity contribution in [1.82, 2.24) is 4.90 Å². The fourth-order valence-electron chi connectivity index (χ4n) is 2.64. The summed E-state index contributed by atoms with van der Waals surface area (Å²) in [7, 11) is 0. The predicted molar refractivity (Wildman–Crippen MR) is 66.9 cm³/mol. The lowest BCUT2D eigenvalue weighted by Crippen LogP contribution is -2.33. The van der Waals surface area contributed by atoms with E-state index in [0.29, 0.717) is 18.8 Å². The van der Waals surface area contributed by atoms with Crippen molar-refractivity contribution in [3.8, 4) is 0 Å². The van der Waals surface area contributed by atoms with Crippen molar-refractivity contribution in [2.24, 2.45) is 5.73 Å². The Bertz CT molecular complexity index is 475. The summed E-state index contributed by atoms with van der Waals surface area (Å²) in [5, 5.41) is 0. The Hall–Kier alpha value is -1.88. The Kier molecular flexibility index (Phi) is 2.56. The molecule has 0 aliphatic carbocycles. The summed E-state index contributed by atoms with van der Waals surface area (Å²) in [5.74, 6) is -0.0991. The molecule has 94 valence electrons. The fourth-order valence-corrected chi connectivity index (χ4v) is 2.64. The van der Waals surface area contributed by atoms with E-state index in [1.54, 1.807) is 17.0 Å². The molecule has 0 saturated carbocycles. The minimum atomic E-state index is -0.244. The Morgan fingerprint density at radius 1 is 1.22 bits per heavy atom. The van der Waals surface area contributed by atoms with Crippen LogP contribution in [-0.2, 0) is 11.3 Å². The first-order chi connectivity index (χ1) is 8.72. The molecule has 1 aromatic carbocycles. The molecule has 0 radical (unpaired) electrons. The largest absolute Gasteiger partial charge is 0.332 e. The van der Waals surface area contributed by atoms with E-state index in [9.17, 15) is 9.59 Å². The van der Waals surface area contributed by atoms with Gasteiger partial charge in [0.15, 0.2) is 0 Å². The molecule has 1 unspecified atom stereocenters. The van der Waals surface area contributed by atoms with Crippen LogP contribution in [0.3, 0.4) is 0 Å². The second-order valence-corrected chi connectivity index (χ2v) is 4.68. The highest BCUT2D eigenvalue weighted by Gasteiger charge is 2.47. The van der Waals surface area contributed by atoms with Gasteiger partial charge in [0.25, 0.3) is 5.91 Å². The van der Waals surface area contributed by atoms with E-state index < -0.39 is 0 Å². The number of amides is 3. The Labute approximate surface area is 105 Å². The summed E-state index contributed by atoms with van der Waals surface area (Å²) in [6.07, 6.45) is 1.70. The molecule has 18 heavy (non-hydrogen) atoms. The number of nitrogens with zero attached hydrogens (tertiary/aromatic N) is 2. The number of hydrogen-bond donors (Lipinski definition) is 1. The smallest absolute Gasteiger partial charge is 0.326 e. The highest BCUT2D eigenvalue weighted by atomic mass is 16.2. The number of nitrogens with two attached hydrogens (primary N) is 1. The Balaban J connectivity index is 1.92. The molecular weight excluding hydrogens is 230 g/mol. The lowest BCUT2D eigenvalue weighted by molar-refractivity contribution is -0.119. The zero-order valence-corrected chi connectivity index (χ0v) is 10.0. The average Bonchev–Trinajstić information content (AvgIpc) is 2.95. The maximum atomic E-state index is 12.2. The second kappa shape index (κ2) is 4.10. The van der Waals surface area contributed by atoms with E-state index in [1.807, 2.05) is 12.1 Å². The third-order valence-corrected chi connectivity index (χ3v) is 3.63. The second-order valence-electron chi connectivity index (χ2n) is 4.68. The Morgan fingerprint density at radius 2 is 1.94 bits per heavy atom. The molecule has 2 saturated heterocycles. The van der Waals surface area contributed by atoms with E-state index in [0.717, 1.165) is 18.4 Å². The molecule has 2 heterocycles. The van der Waals surface area contributed by atoms with Gasteiger partial charge in [-0.2, -0.15) is 0 Å². The highest BCUT2D eigenvalue weighted by molar-refractivity contribution is 6.21. The minimum absolute atomic E-state index is 0.0991. The first kappa shape index (κ1) is 11.2. The normalized spacial score (nSPS) is 22.8. The van der Waals surface area contributed by atoms with Gasteiger partial charge in [0.05, 0.1) is 5.69 Å². The quantitative estimate of drug-likeness (QED) is 0.793. The highest BCUT2D eigenvalue weighted by Crippen LogP contribution is 2.31. The van der Waals surface area contributed by atoms with E-state index in [-0.39, 0.29) is 18.0 Å². The van der Waals surface area contributed by atoms with Gasteiger partial charge in [0, 0.05) is 13.1 Å². The minimum Gasteiger partial charge on any atom is -0.326 e. The number of fused-ring (bicyclic) bond motifs is 1. The molecule has 0 aromatic heterocycles. The number of rotatable bonds is 2. The van der Waals surface area contributed by atoms with Crippen LogP contribution in [0.5, 0.6) is 0 Å². The van der Waals surface area contributed by atoms with Gasteiger partial charge in [-0.1, -0.05) is 12.1 Å². The van der Waals surface area contributed by atoms with E-state index in [2.05, 4.69) is 0 Å². The summed E-state index contributed by atoms with van der Waals surface area (Å²) in [6.45, 7) is 1.14. The van der Waals surface area contributed by atoms with Crippen molar-refractivity contribution in [1.29, 1.82) is 0 Å². The van der Waals surface area contributed by atoms with Crippen molar-refractivity contribution >= 4 is 17.6 Å². The summed E-state index contributed by atoms with van der Waals surface area (Å²) >= 11 is 0. The number of anilines is 1. The van der Waals surface area contributed by atoms with Gasteiger partial charge in [-0.05, 0) is 30.5 Å². The first-order valence-electron chi connectivity index (χ1n) is 6.16. The van der Waals surface area contributed by atoms with Crippen LogP contribution in [0.15, 0.2) is 24.3 Å². The maximum Gasteiger partial charge on any atom is 0.332 e. The van der Waals surface area contributed by atoms with Gasteiger partial charge in [-0.15, -0.1) is 0 Å². The van der Waals surface area contributed by atoms with Crippen LogP contribution < -0.4 is 10.6 Å². The van der Waals surface area contributed by atoms with E-state index in [4.69, 9.17) is 5.73 Å². The van der Waals surface area contributed by atoms with Crippen molar-refractivity contribution in [2.45, 2.75) is 25.4 Å². The van der Waals surface area contributed by atoms with Crippen molar-refractivity contribution in [2.75, 3.05) is 11.4 Å². The van der Waals surface area contributed by atoms with Gasteiger partial charge in [-0.3, -0.25) is 4.79 Å². The van der Waals surface area contributed by atoms with Gasteiger partial charge >= 0.3 is 6.03 Å². The molecule has 5 heteroatoms. The van der Waals surface area contributed by atoms with Gasteiger partial charge in [0.1, 0.15) is 6.04 Å². The van der Waals surface area contributed by atoms with Gasteiger partial charge < -0.3 is 10.6 Å². The SMILES string of the molecule is NCc1ccc(N2C(=O)C3CCCN3C2=O)cc1. The van der Waals surface area contributed by atoms with Crippen LogP contribution in [-0.4, -0.2) is 29.4 Å². The van der Waals surface area contributed by atoms with Crippen molar-refractivity contribution in [3.05, 3.63) is 29.8 Å². The van der Waals surface area contributed by atoms with Crippen LogP contribution in [0.4, 0.5) is 10.5 Å². The topological polar surface area (TPSA) is 66.6 Å². The molecular formula is C13H15N3O2. The number of carbonyl (C=O) groups excluding carboxylic acids is 2. The molecule has 2 N–H and O–H groups in total. The zero-order chi connectivity index (χ0) is 12.7. The summed E-state index contributed by atoms with van der Waals surface area (Å²) in [4.78, 5) is 27.3. The monoisotopic (exact) mass is 245 g/mol. The van der Waals surface area contributed by atoms with Crippen LogP contribution in [0.25, 0.3) is 0 Å². The van der Waals surface area contributed by atoms with Crippen LogP contribution >= 0.6 is 0 Å². The number of urea groups is 1.